The smallest absolute Gasteiger partial charge is 0.249 e. The molecule has 0 aromatic rings. The lowest BCUT2D eigenvalue weighted by molar-refractivity contribution is -0.132. The van der Waals surface area contributed by atoms with Gasteiger partial charge in [0.05, 0.1) is 18.8 Å². The van der Waals surface area contributed by atoms with Gasteiger partial charge >= 0.3 is 0 Å². The Morgan fingerprint density at radius 1 is 0.414 bits per heavy atom. The molecule has 0 heterocycles. The summed E-state index contributed by atoms with van der Waals surface area (Å²) in [5.74, 6) is -0.592. The maximum Gasteiger partial charge on any atom is 0.249 e. The molecule has 4 unspecified atom stereocenters. The Morgan fingerprint density at radius 3 is 1.03 bits per heavy atom. The first-order chi connectivity index (χ1) is 28.5. The number of aliphatic hydroxyl groups excluding tert-OH is 4. The minimum absolute atomic E-state index is 0.365. The molecule has 6 heteroatoms. The highest BCUT2D eigenvalue weighted by Gasteiger charge is 2.28. The third-order valence-electron chi connectivity index (χ3n) is 12.1. The van der Waals surface area contributed by atoms with Gasteiger partial charge in [-0.15, -0.1) is 0 Å². The molecule has 0 radical (unpaired) electrons. The van der Waals surface area contributed by atoms with E-state index in [9.17, 15) is 25.2 Å². The van der Waals surface area contributed by atoms with Gasteiger partial charge in [-0.2, -0.15) is 0 Å². The molecule has 0 fully saturated rings. The molecule has 6 nitrogen and oxygen atoms in total. The summed E-state index contributed by atoms with van der Waals surface area (Å²) in [5, 5.41) is 43.7. The van der Waals surface area contributed by atoms with Crippen LogP contribution in [0.25, 0.3) is 0 Å². The number of carbonyl (C=O) groups excluding carboxylic acids is 1. The van der Waals surface area contributed by atoms with Gasteiger partial charge < -0.3 is 25.7 Å². The van der Waals surface area contributed by atoms with E-state index in [1.165, 1.54) is 205 Å². The molecule has 58 heavy (non-hydrogen) atoms. The molecular formula is C52H101NO5. The first kappa shape index (κ1) is 56.8. The normalized spacial score (nSPS) is 14.1. The lowest BCUT2D eigenvalue weighted by Gasteiger charge is -2.27. The van der Waals surface area contributed by atoms with Crippen molar-refractivity contribution in [3.05, 3.63) is 24.3 Å². The number of amides is 1. The number of allylic oxidation sites excluding steroid dienone is 4. The standard InChI is InChI=1S/C52H101NO5/c1-3-5-7-9-11-13-15-17-18-19-20-21-22-23-24-25-26-27-28-29-30-31-32-33-34-36-38-40-42-44-46-50(56)52(58)53-48(47-54)51(57)49(55)45-43-41-39-37-35-16-14-12-10-8-6-4-2/h23-24,37,39,48-51,54-57H,3-22,25-36,38,40-47H2,1-2H3,(H,53,58)/b24-23-,39-37+. The SMILES string of the molecule is CCCCCCCCC/C=C/CCCC(O)C(O)C(CO)NC(=O)C(O)CCCCCCCCCCCCCCCC/C=C\CCCCCCCCCCCCCC. The first-order valence-electron chi connectivity index (χ1n) is 25.7. The molecule has 0 aliphatic carbocycles. The molecule has 0 aliphatic heterocycles. The Morgan fingerprint density at radius 2 is 0.707 bits per heavy atom. The Bertz CT molecular complexity index is 878. The summed E-state index contributed by atoms with van der Waals surface area (Å²) in [6.45, 7) is 4.04. The number of hydrogen-bond donors (Lipinski definition) is 5. The van der Waals surface area contributed by atoms with Crippen molar-refractivity contribution >= 4 is 5.91 Å². The zero-order valence-electron chi connectivity index (χ0n) is 38.8. The third kappa shape index (κ3) is 40.2. The number of unbranched alkanes of at least 4 members (excludes halogenated alkanes) is 34. The van der Waals surface area contributed by atoms with Crippen molar-refractivity contribution < 1.29 is 25.2 Å². The van der Waals surface area contributed by atoms with E-state index >= 15 is 0 Å². The zero-order chi connectivity index (χ0) is 42.4. The lowest BCUT2D eigenvalue weighted by atomic mass is 10.00. The van der Waals surface area contributed by atoms with Crippen molar-refractivity contribution in [1.82, 2.24) is 5.32 Å². The number of nitrogens with one attached hydrogen (secondary N) is 1. The quantitative estimate of drug-likeness (QED) is 0.0310. The maximum absolute atomic E-state index is 12.5. The summed E-state index contributed by atoms with van der Waals surface area (Å²) in [5.41, 5.74) is 0. The molecule has 5 N–H and O–H groups in total. The monoisotopic (exact) mass is 820 g/mol. The number of hydrogen-bond acceptors (Lipinski definition) is 5. The molecule has 0 aromatic heterocycles. The van der Waals surface area contributed by atoms with E-state index in [1.807, 2.05) is 0 Å². The summed E-state index contributed by atoms with van der Waals surface area (Å²) in [7, 11) is 0. The molecule has 0 rings (SSSR count). The van der Waals surface area contributed by atoms with Crippen LogP contribution in [0.1, 0.15) is 271 Å². The second-order valence-electron chi connectivity index (χ2n) is 17.9. The zero-order valence-corrected chi connectivity index (χ0v) is 38.8. The van der Waals surface area contributed by atoms with E-state index in [4.69, 9.17) is 0 Å². The van der Waals surface area contributed by atoms with Crippen molar-refractivity contribution in [2.45, 2.75) is 295 Å². The van der Waals surface area contributed by atoms with Gasteiger partial charge in [0.25, 0.3) is 0 Å². The van der Waals surface area contributed by atoms with Crippen LogP contribution in [0.15, 0.2) is 24.3 Å². The summed E-state index contributed by atoms with van der Waals surface area (Å²) < 4.78 is 0. The summed E-state index contributed by atoms with van der Waals surface area (Å²) in [6.07, 6.45) is 55.3. The average Bonchev–Trinajstić information content (AvgIpc) is 3.23. The Hall–Kier alpha value is -1.21. The molecule has 0 spiro atoms. The summed E-state index contributed by atoms with van der Waals surface area (Å²) in [4.78, 5) is 12.5. The summed E-state index contributed by atoms with van der Waals surface area (Å²) >= 11 is 0. The topological polar surface area (TPSA) is 110 Å². The highest BCUT2D eigenvalue weighted by molar-refractivity contribution is 5.80. The predicted molar refractivity (Wildman–Crippen MR) is 251 cm³/mol. The fourth-order valence-electron chi connectivity index (χ4n) is 8.05. The van der Waals surface area contributed by atoms with Crippen LogP contribution >= 0.6 is 0 Å². The Labute approximate surface area is 361 Å². The van der Waals surface area contributed by atoms with Gasteiger partial charge in [-0.1, -0.05) is 231 Å². The van der Waals surface area contributed by atoms with Crippen LogP contribution in [0, 0.1) is 0 Å². The van der Waals surface area contributed by atoms with Crippen molar-refractivity contribution in [3.8, 4) is 0 Å². The largest absolute Gasteiger partial charge is 0.394 e. The van der Waals surface area contributed by atoms with Crippen LogP contribution < -0.4 is 5.32 Å². The number of rotatable bonds is 47. The molecule has 4 atom stereocenters. The van der Waals surface area contributed by atoms with E-state index in [0.717, 1.165) is 38.5 Å². The number of carbonyl (C=O) groups is 1. The highest BCUT2D eigenvalue weighted by Crippen LogP contribution is 2.17. The lowest BCUT2D eigenvalue weighted by Crippen LogP contribution is -2.53. The van der Waals surface area contributed by atoms with Gasteiger partial charge in [-0.25, -0.2) is 0 Å². The minimum Gasteiger partial charge on any atom is -0.394 e. The fourth-order valence-corrected chi connectivity index (χ4v) is 8.05. The van der Waals surface area contributed by atoms with Gasteiger partial charge in [-0.3, -0.25) is 4.79 Å². The van der Waals surface area contributed by atoms with Gasteiger partial charge in [0.1, 0.15) is 12.2 Å². The molecular weight excluding hydrogens is 719 g/mol. The van der Waals surface area contributed by atoms with Crippen LogP contribution in [-0.4, -0.2) is 57.3 Å². The molecule has 0 aliphatic rings. The van der Waals surface area contributed by atoms with E-state index in [-0.39, 0.29) is 0 Å². The van der Waals surface area contributed by atoms with E-state index in [1.54, 1.807) is 0 Å². The first-order valence-corrected chi connectivity index (χ1v) is 25.7. The Kier molecular flexibility index (Phi) is 45.9. The number of aliphatic hydroxyl groups is 4. The molecule has 344 valence electrons. The molecule has 0 bridgehead atoms. The van der Waals surface area contributed by atoms with Crippen LogP contribution in [-0.2, 0) is 4.79 Å². The van der Waals surface area contributed by atoms with Crippen LogP contribution in [0.5, 0.6) is 0 Å². The highest BCUT2D eigenvalue weighted by atomic mass is 16.3. The molecule has 0 saturated heterocycles. The molecule has 0 aromatic carbocycles. The van der Waals surface area contributed by atoms with E-state index in [2.05, 4.69) is 43.5 Å². The third-order valence-corrected chi connectivity index (χ3v) is 12.1. The second-order valence-corrected chi connectivity index (χ2v) is 17.9. The van der Waals surface area contributed by atoms with E-state index < -0.39 is 36.9 Å². The van der Waals surface area contributed by atoms with Gasteiger partial charge in [0, 0.05) is 0 Å². The van der Waals surface area contributed by atoms with Gasteiger partial charge in [0.2, 0.25) is 5.91 Å². The van der Waals surface area contributed by atoms with Crippen molar-refractivity contribution in [3.63, 3.8) is 0 Å². The second kappa shape index (κ2) is 46.8. The van der Waals surface area contributed by atoms with Crippen LogP contribution in [0.2, 0.25) is 0 Å². The van der Waals surface area contributed by atoms with Crippen LogP contribution in [0.3, 0.4) is 0 Å². The fraction of sp³-hybridized carbons (Fsp3) is 0.904. The van der Waals surface area contributed by atoms with Crippen molar-refractivity contribution in [2.75, 3.05) is 6.61 Å². The minimum atomic E-state index is -1.28. The van der Waals surface area contributed by atoms with Crippen molar-refractivity contribution in [1.29, 1.82) is 0 Å². The van der Waals surface area contributed by atoms with Crippen LogP contribution in [0.4, 0.5) is 0 Å². The molecule has 0 saturated carbocycles. The maximum atomic E-state index is 12.5. The predicted octanol–water partition coefficient (Wildman–Crippen LogP) is 14.3. The summed E-state index contributed by atoms with van der Waals surface area (Å²) in [6, 6.07) is -0.999. The average molecular weight is 820 g/mol. The van der Waals surface area contributed by atoms with Crippen molar-refractivity contribution in [2.24, 2.45) is 0 Å². The van der Waals surface area contributed by atoms with Gasteiger partial charge in [0.15, 0.2) is 0 Å². The van der Waals surface area contributed by atoms with Gasteiger partial charge in [-0.05, 0) is 64.2 Å². The molecule has 1 amide bonds. The van der Waals surface area contributed by atoms with E-state index in [0.29, 0.717) is 12.8 Å². The Balaban J connectivity index is 3.59.